The number of likely N-dealkylation sites (tertiary alicyclic amines) is 1. The number of carbonyl (C=O) groups is 1. The van der Waals surface area contributed by atoms with Crippen LogP contribution in [0.1, 0.15) is 29.5 Å². The number of halogens is 3. The molecule has 1 aromatic carbocycles. The van der Waals surface area contributed by atoms with Crippen molar-refractivity contribution in [3.63, 3.8) is 0 Å². The number of alkyl halides is 3. The number of aryl methyl sites for hydroxylation is 3. The zero-order chi connectivity index (χ0) is 16.5. The van der Waals surface area contributed by atoms with Gasteiger partial charge in [0.15, 0.2) is 0 Å². The molecule has 1 atom stereocenters. The predicted octanol–water partition coefficient (Wildman–Crippen LogP) is 4.42. The van der Waals surface area contributed by atoms with Crippen LogP contribution in [-0.2, 0) is 0 Å². The molecule has 0 spiro atoms. The number of urea groups is 1. The number of nitrogens with zero attached hydrogens (tertiary/aromatic N) is 1. The smallest absolute Gasteiger partial charge is 0.324 e. The lowest BCUT2D eigenvalue weighted by Crippen LogP contribution is -2.46. The molecule has 1 aromatic rings. The first-order valence-corrected chi connectivity index (χ1v) is 7.39. The van der Waals surface area contributed by atoms with E-state index < -0.39 is 18.1 Å². The molecule has 0 aromatic heterocycles. The third-order valence-corrected chi connectivity index (χ3v) is 4.08. The van der Waals surface area contributed by atoms with Crippen molar-refractivity contribution < 1.29 is 18.0 Å². The number of rotatable bonds is 1. The average molecular weight is 314 g/mol. The van der Waals surface area contributed by atoms with E-state index in [1.165, 1.54) is 4.90 Å². The van der Waals surface area contributed by atoms with Gasteiger partial charge in [-0.1, -0.05) is 17.7 Å². The van der Waals surface area contributed by atoms with Crippen molar-refractivity contribution in [2.75, 3.05) is 18.4 Å². The maximum Gasteiger partial charge on any atom is 0.393 e. The zero-order valence-corrected chi connectivity index (χ0v) is 13.0. The standard InChI is InChI=1S/C16H21F3N2O/c1-10-7-11(2)14(12(3)8-10)20-15(22)21-6-4-5-13(9-21)16(17,18)19/h7-8,13H,4-6,9H2,1-3H3,(H,20,22)/t13-/m1/s1. The molecule has 122 valence electrons. The number of nitrogens with one attached hydrogen (secondary N) is 1. The molecule has 0 bridgehead atoms. The first kappa shape index (κ1) is 16.6. The number of anilines is 1. The molecular formula is C16H21F3N2O. The average Bonchev–Trinajstić information content (AvgIpc) is 2.41. The summed E-state index contributed by atoms with van der Waals surface area (Å²) in [6, 6.07) is 3.43. The van der Waals surface area contributed by atoms with Crippen molar-refractivity contribution in [2.45, 2.75) is 39.8 Å². The van der Waals surface area contributed by atoms with Crippen LogP contribution in [0.4, 0.5) is 23.7 Å². The summed E-state index contributed by atoms with van der Waals surface area (Å²) in [5.41, 5.74) is 3.60. The largest absolute Gasteiger partial charge is 0.393 e. The summed E-state index contributed by atoms with van der Waals surface area (Å²) in [6.45, 7) is 5.82. The second kappa shape index (κ2) is 6.18. The molecule has 1 N–H and O–H groups in total. The molecule has 2 amide bonds. The Kier molecular flexibility index (Phi) is 4.68. The van der Waals surface area contributed by atoms with Crippen LogP contribution in [0.15, 0.2) is 12.1 Å². The minimum atomic E-state index is -4.24. The number of piperidine rings is 1. The third kappa shape index (κ3) is 3.72. The maximum atomic E-state index is 12.8. The van der Waals surface area contributed by atoms with Crippen molar-refractivity contribution in [3.05, 3.63) is 28.8 Å². The molecule has 1 fully saturated rings. The molecule has 0 radical (unpaired) electrons. The topological polar surface area (TPSA) is 32.3 Å². The number of hydrogen-bond donors (Lipinski definition) is 1. The molecule has 2 rings (SSSR count). The van der Waals surface area contributed by atoms with Gasteiger partial charge in [-0.2, -0.15) is 13.2 Å². The van der Waals surface area contributed by atoms with E-state index in [0.717, 1.165) is 16.7 Å². The summed E-state index contributed by atoms with van der Waals surface area (Å²) in [6.07, 6.45) is -3.77. The van der Waals surface area contributed by atoms with Gasteiger partial charge in [0.05, 0.1) is 5.92 Å². The SMILES string of the molecule is Cc1cc(C)c(NC(=O)N2CCC[C@@H](C(F)(F)F)C2)c(C)c1. The first-order valence-electron chi connectivity index (χ1n) is 7.39. The lowest BCUT2D eigenvalue weighted by atomic mass is 9.98. The van der Waals surface area contributed by atoms with Gasteiger partial charge < -0.3 is 10.2 Å². The van der Waals surface area contributed by atoms with Gasteiger partial charge in [0.2, 0.25) is 0 Å². The normalized spacial score (nSPS) is 19.2. The molecule has 1 aliphatic rings. The van der Waals surface area contributed by atoms with Crippen LogP contribution in [0.25, 0.3) is 0 Å². The Morgan fingerprint density at radius 3 is 2.36 bits per heavy atom. The van der Waals surface area contributed by atoms with Gasteiger partial charge in [-0.05, 0) is 44.7 Å². The second-order valence-corrected chi connectivity index (χ2v) is 6.03. The molecule has 0 unspecified atom stereocenters. The van der Waals surface area contributed by atoms with Crippen molar-refractivity contribution >= 4 is 11.7 Å². The third-order valence-electron chi connectivity index (χ3n) is 4.08. The van der Waals surface area contributed by atoms with Crippen LogP contribution in [0.2, 0.25) is 0 Å². The van der Waals surface area contributed by atoms with Crippen LogP contribution in [0.5, 0.6) is 0 Å². The van der Waals surface area contributed by atoms with Gasteiger partial charge in [0.1, 0.15) is 0 Å². The highest BCUT2D eigenvalue weighted by Crippen LogP contribution is 2.33. The van der Waals surface area contributed by atoms with Gasteiger partial charge in [0.25, 0.3) is 0 Å². The second-order valence-electron chi connectivity index (χ2n) is 6.03. The Balaban J connectivity index is 2.10. The highest BCUT2D eigenvalue weighted by Gasteiger charge is 2.42. The Hall–Kier alpha value is -1.72. The Morgan fingerprint density at radius 2 is 1.82 bits per heavy atom. The molecular weight excluding hydrogens is 293 g/mol. The van der Waals surface area contributed by atoms with Crippen molar-refractivity contribution in [1.82, 2.24) is 4.90 Å². The molecule has 6 heteroatoms. The Labute approximate surface area is 128 Å². The number of hydrogen-bond acceptors (Lipinski definition) is 1. The zero-order valence-electron chi connectivity index (χ0n) is 13.0. The van der Waals surface area contributed by atoms with Crippen molar-refractivity contribution in [3.8, 4) is 0 Å². The summed E-state index contributed by atoms with van der Waals surface area (Å²) in [7, 11) is 0. The molecule has 22 heavy (non-hydrogen) atoms. The van der Waals surface area contributed by atoms with Gasteiger partial charge in [-0.25, -0.2) is 4.79 Å². The fourth-order valence-corrected chi connectivity index (χ4v) is 2.99. The van der Waals surface area contributed by atoms with E-state index in [1.807, 2.05) is 32.9 Å². The monoisotopic (exact) mass is 314 g/mol. The van der Waals surface area contributed by atoms with E-state index in [4.69, 9.17) is 0 Å². The van der Waals surface area contributed by atoms with Crippen molar-refractivity contribution in [1.29, 1.82) is 0 Å². The highest BCUT2D eigenvalue weighted by molar-refractivity contribution is 5.91. The molecule has 1 saturated heterocycles. The highest BCUT2D eigenvalue weighted by atomic mass is 19.4. The van der Waals surface area contributed by atoms with E-state index in [9.17, 15) is 18.0 Å². The minimum Gasteiger partial charge on any atom is -0.324 e. The summed E-state index contributed by atoms with van der Waals surface area (Å²) >= 11 is 0. The lowest BCUT2D eigenvalue weighted by molar-refractivity contribution is -0.183. The Bertz CT molecular complexity index is 546. The maximum absolute atomic E-state index is 12.8. The van der Waals surface area contributed by atoms with E-state index in [2.05, 4.69) is 5.32 Å². The van der Waals surface area contributed by atoms with E-state index in [1.54, 1.807) is 0 Å². The summed E-state index contributed by atoms with van der Waals surface area (Å²) in [5.74, 6) is -1.42. The molecule has 1 heterocycles. The molecule has 0 saturated carbocycles. The van der Waals surface area contributed by atoms with Gasteiger partial charge in [-0.15, -0.1) is 0 Å². The van der Waals surface area contributed by atoms with Crippen LogP contribution in [0.3, 0.4) is 0 Å². The number of amides is 2. The van der Waals surface area contributed by atoms with Gasteiger partial charge >= 0.3 is 12.2 Å². The first-order chi connectivity index (χ1) is 10.2. The molecule has 3 nitrogen and oxygen atoms in total. The summed E-state index contributed by atoms with van der Waals surface area (Å²) < 4.78 is 38.5. The van der Waals surface area contributed by atoms with E-state index in [0.29, 0.717) is 18.7 Å². The fourth-order valence-electron chi connectivity index (χ4n) is 2.99. The molecule has 1 aliphatic heterocycles. The Morgan fingerprint density at radius 1 is 1.23 bits per heavy atom. The quantitative estimate of drug-likeness (QED) is 0.818. The number of carbonyl (C=O) groups excluding carboxylic acids is 1. The fraction of sp³-hybridized carbons (Fsp3) is 0.562. The van der Waals surface area contributed by atoms with E-state index in [-0.39, 0.29) is 13.0 Å². The predicted molar refractivity (Wildman–Crippen MR) is 80.0 cm³/mol. The number of benzene rings is 1. The van der Waals surface area contributed by atoms with Gasteiger partial charge in [-0.3, -0.25) is 0 Å². The van der Waals surface area contributed by atoms with Crippen molar-refractivity contribution in [2.24, 2.45) is 5.92 Å². The minimum absolute atomic E-state index is 0.0931. The van der Waals surface area contributed by atoms with Gasteiger partial charge in [0, 0.05) is 18.8 Å². The summed E-state index contributed by atoms with van der Waals surface area (Å²) in [5, 5.41) is 2.77. The van der Waals surface area contributed by atoms with Crippen LogP contribution in [0, 0.1) is 26.7 Å². The molecule has 0 aliphatic carbocycles. The van der Waals surface area contributed by atoms with Crippen LogP contribution < -0.4 is 5.32 Å². The summed E-state index contributed by atoms with van der Waals surface area (Å²) in [4.78, 5) is 13.5. The van der Waals surface area contributed by atoms with E-state index >= 15 is 0 Å². The lowest BCUT2D eigenvalue weighted by Gasteiger charge is -2.34. The van der Waals surface area contributed by atoms with Crippen LogP contribution >= 0.6 is 0 Å². The van der Waals surface area contributed by atoms with Crippen LogP contribution in [-0.4, -0.2) is 30.2 Å².